The molecule has 1 N–H and O–H groups in total. The molecular weight excluding hydrogens is 255 g/mol. The second-order valence-electron chi connectivity index (χ2n) is 4.12. The predicted molar refractivity (Wildman–Crippen MR) is 74.7 cm³/mol. The summed E-state index contributed by atoms with van der Waals surface area (Å²) < 4.78 is 0. The smallest absolute Gasteiger partial charge is 0.0790 e. The highest BCUT2D eigenvalue weighted by Crippen LogP contribution is 2.27. The van der Waals surface area contributed by atoms with Gasteiger partial charge in [-0.15, -0.1) is 6.58 Å². The number of benzene rings is 1. The van der Waals surface area contributed by atoms with E-state index < -0.39 is 6.10 Å². The lowest BCUT2D eigenvalue weighted by atomic mass is 10.0. The van der Waals surface area contributed by atoms with Crippen LogP contribution < -0.4 is 0 Å². The molecule has 0 amide bonds. The highest BCUT2D eigenvalue weighted by Gasteiger charge is 2.08. The monoisotopic (exact) mass is 272 g/mol. The van der Waals surface area contributed by atoms with Gasteiger partial charge in [0, 0.05) is 0 Å². The summed E-state index contributed by atoms with van der Waals surface area (Å²) in [6.07, 6.45) is 6.54. The third kappa shape index (κ3) is 5.12. The zero-order valence-corrected chi connectivity index (χ0v) is 11.3. The fourth-order valence-electron chi connectivity index (χ4n) is 1.69. The van der Waals surface area contributed by atoms with Gasteiger partial charge in [0.25, 0.3) is 0 Å². The van der Waals surface area contributed by atoms with Crippen molar-refractivity contribution < 1.29 is 5.11 Å². The van der Waals surface area contributed by atoms with Crippen LogP contribution in [0.5, 0.6) is 0 Å². The van der Waals surface area contributed by atoms with Crippen LogP contribution in [0.4, 0.5) is 0 Å². The van der Waals surface area contributed by atoms with Gasteiger partial charge in [-0.05, 0) is 37.0 Å². The SMILES string of the molecule is C=CCCCCCC(O)c1ccc(Cl)c(Cl)c1. The van der Waals surface area contributed by atoms with Crippen molar-refractivity contribution in [1.29, 1.82) is 0 Å². The van der Waals surface area contributed by atoms with Crippen LogP contribution in [0.1, 0.15) is 43.8 Å². The van der Waals surface area contributed by atoms with Gasteiger partial charge < -0.3 is 5.11 Å². The van der Waals surface area contributed by atoms with Crippen molar-refractivity contribution >= 4 is 23.2 Å². The zero-order valence-electron chi connectivity index (χ0n) is 9.83. The van der Waals surface area contributed by atoms with Crippen LogP contribution in [0.2, 0.25) is 10.0 Å². The van der Waals surface area contributed by atoms with E-state index in [2.05, 4.69) is 6.58 Å². The van der Waals surface area contributed by atoms with Crippen molar-refractivity contribution in [1.82, 2.24) is 0 Å². The van der Waals surface area contributed by atoms with Gasteiger partial charge in [-0.25, -0.2) is 0 Å². The van der Waals surface area contributed by atoms with E-state index in [1.807, 2.05) is 12.1 Å². The third-order valence-corrected chi connectivity index (χ3v) is 3.45. The Hall–Kier alpha value is -0.500. The van der Waals surface area contributed by atoms with Crippen LogP contribution in [0.3, 0.4) is 0 Å². The summed E-state index contributed by atoms with van der Waals surface area (Å²) in [5.74, 6) is 0. The van der Waals surface area contributed by atoms with Crippen molar-refractivity contribution in [2.75, 3.05) is 0 Å². The van der Waals surface area contributed by atoms with Crippen LogP contribution >= 0.6 is 23.2 Å². The minimum Gasteiger partial charge on any atom is -0.388 e. The summed E-state index contributed by atoms with van der Waals surface area (Å²) in [4.78, 5) is 0. The largest absolute Gasteiger partial charge is 0.388 e. The lowest BCUT2D eigenvalue weighted by Crippen LogP contribution is -1.97. The fraction of sp³-hybridized carbons (Fsp3) is 0.429. The Morgan fingerprint density at radius 2 is 1.94 bits per heavy atom. The molecule has 0 saturated carbocycles. The molecule has 94 valence electrons. The number of allylic oxidation sites excluding steroid dienone is 1. The molecule has 0 aromatic heterocycles. The first kappa shape index (κ1) is 14.6. The molecule has 1 aromatic carbocycles. The predicted octanol–water partition coefficient (Wildman–Crippen LogP) is 5.16. The summed E-state index contributed by atoms with van der Waals surface area (Å²) in [6.45, 7) is 3.68. The number of aliphatic hydroxyl groups excluding tert-OH is 1. The number of hydrogen-bond acceptors (Lipinski definition) is 1. The Kier molecular flexibility index (Phi) is 6.64. The van der Waals surface area contributed by atoms with Crippen LogP contribution in [-0.4, -0.2) is 5.11 Å². The Morgan fingerprint density at radius 1 is 1.18 bits per heavy atom. The quantitative estimate of drug-likeness (QED) is 0.537. The highest BCUT2D eigenvalue weighted by molar-refractivity contribution is 6.42. The summed E-state index contributed by atoms with van der Waals surface area (Å²) in [7, 11) is 0. The number of unbranched alkanes of at least 4 members (excludes halogenated alkanes) is 3. The number of halogens is 2. The van der Waals surface area contributed by atoms with Crippen LogP contribution in [-0.2, 0) is 0 Å². The summed E-state index contributed by atoms with van der Waals surface area (Å²) in [5.41, 5.74) is 0.836. The van der Waals surface area contributed by atoms with E-state index in [0.717, 1.165) is 37.7 Å². The van der Waals surface area contributed by atoms with Crippen LogP contribution in [0.25, 0.3) is 0 Å². The third-order valence-electron chi connectivity index (χ3n) is 2.71. The minimum atomic E-state index is -0.450. The molecule has 1 aromatic rings. The molecule has 0 aliphatic heterocycles. The molecule has 0 aliphatic carbocycles. The molecular formula is C14H18Cl2O. The van der Waals surface area contributed by atoms with Crippen molar-refractivity contribution in [3.8, 4) is 0 Å². The van der Waals surface area contributed by atoms with Crippen molar-refractivity contribution in [3.05, 3.63) is 46.5 Å². The number of hydrogen-bond donors (Lipinski definition) is 1. The maximum atomic E-state index is 9.97. The topological polar surface area (TPSA) is 20.2 Å². The molecule has 0 fully saturated rings. The Labute approximate surface area is 113 Å². The molecule has 0 spiro atoms. The first-order valence-corrected chi connectivity index (χ1v) is 6.64. The normalized spacial score (nSPS) is 12.4. The molecule has 17 heavy (non-hydrogen) atoms. The molecule has 0 heterocycles. The Balaban J connectivity index is 2.38. The lowest BCUT2D eigenvalue weighted by Gasteiger charge is -2.11. The fourth-order valence-corrected chi connectivity index (χ4v) is 2.00. The maximum absolute atomic E-state index is 9.97. The maximum Gasteiger partial charge on any atom is 0.0790 e. The summed E-state index contributed by atoms with van der Waals surface area (Å²) >= 11 is 11.7. The second-order valence-corrected chi connectivity index (χ2v) is 4.93. The Morgan fingerprint density at radius 3 is 2.59 bits per heavy atom. The van der Waals surface area contributed by atoms with Gasteiger partial charge in [0.05, 0.1) is 16.1 Å². The number of rotatable bonds is 7. The second kappa shape index (κ2) is 7.75. The molecule has 3 heteroatoms. The molecule has 0 bridgehead atoms. The van der Waals surface area contributed by atoms with E-state index in [9.17, 15) is 5.11 Å². The van der Waals surface area contributed by atoms with E-state index in [-0.39, 0.29) is 0 Å². The summed E-state index contributed by atoms with van der Waals surface area (Å²) in [6, 6.07) is 5.28. The molecule has 1 unspecified atom stereocenters. The Bertz CT molecular complexity index is 363. The number of aliphatic hydroxyl groups is 1. The van der Waals surface area contributed by atoms with Crippen molar-refractivity contribution in [2.45, 2.75) is 38.2 Å². The lowest BCUT2D eigenvalue weighted by molar-refractivity contribution is 0.163. The van der Waals surface area contributed by atoms with Gasteiger partial charge in [0.1, 0.15) is 0 Å². The van der Waals surface area contributed by atoms with Crippen molar-refractivity contribution in [3.63, 3.8) is 0 Å². The van der Waals surface area contributed by atoms with Gasteiger partial charge in [-0.1, -0.05) is 48.2 Å². The molecule has 0 radical (unpaired) electrons. The summed E-state index contributed by atoms with van der Waals surface area (Å²) in [5, 5.41) is 11.0. The van der Waals surface area contributed by atoms with Gasteiger partial charge in [-0.3, -0.25) is 0 Å². The first-order valence-electron chi connectivity index (χ1n) is 5.89. The molecule has 1 nitrogen and oxygen atoms in total. The van der Waals surface area contributed by atoms with Gasteiger partial charge in [0.15, 0.2) is 0 Å². The van der Waals surface area contributed by atoms with E-state index in [1.165, 1.54) is 0 Å². The minimum absolute atomic E-state index is 0.450. The molecule has 1 atom stereocenters. The molecule has 1 rings (SSSR count). The van der Waals surface area contributed by atoms with Crippen molar-refractivity contribution in [2.24, 2.45) is 0 Å². The molecule has 0 saturated heterocycles. The van der Waals surface area contributed by atoms with E-state index >= 15 is 0 Å². The average molecular weight is 273 g/mol. The van der Waals surface area contributed by atoms with E-state index in [4.69, 9.17) is 23.2 Å². The molecule has 0 aliphatic rings. The van der Waals surface area contributed by atoms with Crippen LogP contribution in [0, 0.1) is 0 Å². The zero-order chi connectivity index (χ0) is 12.7. The van der Waals surface area contributed by atoms with Gasteiger partial charge in [0.2, 0.25) is 0 Å². The van der Waals surface area contributed by atoms with Crippen LogP contribution in [0.15, 0.2) is 30.9 Å². The highest BCUT2D eigenvalue weighted by atomic mass is 35.5. The van der Waals surface area contributed by atoms with Gasteiger partial charge >= 0.3 is 0 Å². The standard InChI is InChI=1S/C14H18Cl2O/c1-2-3-4-5-6-7-14(17)11-8-9-12(15)13(16)10-11/h2,8-10,14,17H,1,3-7H2. The first-order chi connectivity index (χ1) is 8.15. The van der Waals surface area contributed by atoms with E-state index in [1.54, 1.807) is 12.1 Å². The van der Waals surface area contributed by atoms with Gasteiger partial charge in [-0.2, -0.15) is 0 Å². The average Bonchev–Trinajstić information content (AvgIpc) is 2.32. The van der Waals surface area contributed by atoms with E-state index in [0.29, 0.717) is 10.0 Å².